The molecule has 8 heteroatoms. The first-order valence-corrected chi connectivity index (χ1v) is 10.8. The molecule has 1 amide bonds. The van der Waals surface area contributed by atoms with Gasteiger partial charge < -0.3 is 14.4 Å². The van der Waals surface area contributed by atoms with Gasteiger partial charge in [-0.15, -0.1) is 10.2 Å². The second-order valence-electron chi connectivity index (χ2n) is 8.70. The van der Waals surface area contributed by atoms with Gasteiger partial charge >= 0.3 is 0 Å². The number of aromatic nitrogens is 3. The number of aryl methyl sites for hydroxylation is 1. The lowest BCUT2D eigenvalue weighted by Crippen LogP contribution is -2.35. The van der Waals surface area contributed by atoms with Crippen LogP contribution >= 0.6 is 0 Å². The second-order valence-corrected chi connectivity index (χ2v) is 8.70. The Labute approximate surface area is 178 Å². The number of amides is 1. The highest BCUT2D eigenvalue weighted by Gasteiger charge is 2.33. The molecule has 0 radical (unpaired) electrons. The minimum absolute atomic E-state index is 0.00313. The molecule has 31 heavy (non-hydrogen) atoms. The summed E-state index contributed by atoms with van der Waals surface area (Å²) in [5, 5.41) is 8.51. The highest BCUT2D eigenvalue weighted by molar-refractivity contribution is 5.78. The topological polar surface area (TPSA) is 69.0 Å². The average Bonchev–Trinajstić information content (AvgIpc) is 3.41. The molecular formula is C23H23FN4O3. The molecule has 0 unspecified atom stereocenters. The molecule has 3 aliphatic heterocycles. The van der Waals surface area contributed by atoms with E-state index in [2.05, 4.69) is 10.2 Å². The molecule has 3 aliphatic rings. The van der Waals surface area contributed by atoms with Crippen LogP contribution in [0.1, 0.15) is 47.1 Å². The Kier molecular flexibility index (Phi) is 4.16. The fourth-order valence-corrected chi connectivity index (χ4v) is 5.20. The Bertz CT molecular complexity index is 1210. The highest BCUT2D eigenvalue weighted by atomic mass is 19.1. The minimum Gasteiger partial charge on any atom is -0.493 e. The number of nitrogens with zero attached hydrogens (tertiary/aromatic N) is 4. The lowest BCUT2D eigenvalue weighted by molar-refractivity contribution is -0.132. The lowest BCUT2D eigenvalue weighted by Gasteiger charge is -2.29. The number of hydrogen-bond acceptors (Lipinski definition) is 5. The SMILES string of the molecule is CN1CC[C@H](c2cc3c(n4cnnc24)CCc2c(F)ccc4c2[C@H](CO4)CO3)CC1=O. The van der Waals surface area contributed by atoms with E-state index in [1.165, 1.54) is 6.07 Å². The summed E-state index contributed by atoms with van der Waals surface area (Å²) in [7, 11) is 1.84. The fraction of sp³-hybridized carbons (Fsp3) is 0.435. The Morgan fingerprint density at radius 1 is 1.13 bits per heavy atom. The average molecular weight is 422 g/mol. The quantitative estimate of drug-likeness (QED) is 0.603. The molecule has 6 rings (SSSR count). The maximum Gasteiger partial charge on any atom is 0.222 e. The van der Waals surface area contributed by atoms with Crippen LogP contribution < -0.4 is 9.47 Å². The van der Waals surface area contributed by atoms with E-state index in [0.717, 1.165) is 46.9 Å². The van der Waals surface area contributed by atoms with Crippen molar-refractivity contribution in [1.29, 1.82) is 0 Å². The number of ether oxygens (including phenoxy) is 2. The normalized spacial score (nSPS) is 22.8. The van der Waals surface area contributed by atoms with Gasteiger partial charge in [-0.3, -0.25) is 9.20 Å². The van der Waals surface area contributed by atoms with Crippen molar-refractivity contribution in [2.75, 3.05) is 26.8 Å². The number of piperidine rings is 1. The molecular weight excluding hydrogens is 399 g/mol. The molecule has 2 atom stereocenters. The maximum absolute atomic E-state index is 14.7. The van der Waals surface area contributed by atoms with E-state index < -0.39 is 0 Å². The third-order valence-electron chi connectivity index (χ3n) is 6.93. The van der Waals surface area contributed by atoms with E-state index >= 15 is 0 Å². The third kappa shape index (κ3) is 2.88. The lowest BCUT2D eigenvalue weighted by atomic mass is 9.89. The van der Waals surface area contributed by atoms with Crippen molar-refractivity contribution in [3.8, 4) is 11.5 Å². The molecule has 1 aromatic carbocycles. The number of hydrogen-bond donors (Lipinski definition) is 0. The first-order valence-electron chi connectivity index (χ1n) is 10.8. The van der Waals surface area contributed by atoms with Crippen molar-refractivity contribution in [3.63, 3.8) is 0 Å². The molecule has 0 saturated carbocycles. The van der Waals surface area contributed by atoms with E-state index in [9.17, 15) is 9.18 Å². The number of carbonyl (C=O) groups is 1. The van der Waals surface area contributed by atoms with Crippen LogP contribution in [0.15, 0.2) is 24.5 Å². The van der Waals surface area contributed by atoms with E-state index in [1.807, 2.05) is 17.5 Å². The maximum atomic E-state index is 14.7. The molecule has 0 bridgehead atoms. The van der Waals surface area contributed by atoms with Gasteiger partial charge in [0, 0.05) is 31.1 Å². The molecule has 2 aromatic heterocycles. The number of rotatable bonds is 1. The first-order chi connectivity index (χ1) is 15.1. The van der Waals surface area contributed by atoms with Crippen molar-refractivity contribution in [2.45, 2.75) is 37.5 Å². The second kappa shape index (κ2) is 6.93. The van der Waals surface area contributed by atoms with Gasteiger partial charge in [-0.1, -0.05) is 0 Å². The van der Waals surface area contributed by atoms with Crippen LogP contribution in [0.25, 0.3) is 5.65 Å². The summed E-state index contributed by atoms with van der Waals surface area (Å²) in [5.74, 6) is 1.54. The van der Waals surface area contributed by atoms with Crippen LogP contribution in [-0.2, 0) is 17.6 Å². The summed E-state index contributed by atoms with van der Waals surface area (Å²) in [6.45, 7) is 1.63. The number of benzene rings is 1. The van der Waals surface area contributed by atoms with E-state index in [-0.39, 0.29) is 23.6 Å². The summed E-state index contributed by atoms with van der Waals surface area (Å²) >= 11 is 0. The zero-order valence-electron chi connectivity index (χ0n) is 17.3. The third-order valence-corrected chi connectivity index (χ3v) is 6.93. The molecule has 7 nitrogen and oxygen atoms in total. The number of pyridine rings is 1. The van der Waals surface area contributed by atoms with Crippen LogP contribution in [0, 0.1) is 5.82 Å². The fourth-order valence-electron chi connectivity index (χ4n) is 5.20. The van der Waals surface area contributed by atoms with Crippen molar-refractivity contribution in [2.24, 2.45) is 0 Å². The van der Waals surface area contributed by atoms with Crippen LogP contribution in [0.2, 0.25) is 0 Å². The highest BCUT2D eigenvalue weighted by Crippen LogP contribution is 2.41. The Hall–Kier alpha value is -3.16. The molecule has 0 aliphatic carbocycles. The van der Waals surface area contributed by atoms with Gasteiger partial charge in [-0.05, 0) is 48.9 Å². The number of fused-ring (bicyclic) bond motifs is 3. The number of carbonyl (C=O) groups excluding carboxylic acids is 1. The van der Waals surface area contributed by atoms with E-state index in [4.69, 9.17) is 9.47 Å². The monoisotopic (exact) mass is 422 g/mol. The van der Waals surface area contributed by atoms with Crippen LogP contribution in [0.5, 0.6) is 11.5 Å². The number of likely N-dealkylation sites (tertiary alicyclic amines) is 1. The van der Waals surface area contributed by atoms with Crippen molar-refractivity contribution in [3.05, 3.63) is 52.7 Å². The Morgan fingerprint density at radius 2 is 1.97 bits per heavy atom. The van der Waals surface area contributed by atoms with Crippen molar-refractivity contribution < 1.29 is 18.7 Å². The smallest absolute Gasteiger partial charge is 0.222 e. The zero-order valence-corrected chi connectivity index (χ0v) is 17.3. The first kappa shape index (κ1) is 18.6. The van der Waals surface area contributed by atoms with Gasteiger partial charge in [-0.2, -0.15) is 0 Å². The minimum atomic E-state index is -0.195. The predicted molar refractivity (Wildman–Crippen MR) is 110 cm³/mol. The summed E-state index contributed by atoms with van der Waals surface area (Å²) < 4.78 is 28.8. The summed E-state index contributed by atoms with van der Waals surface area (Å²) in [6, 6.07) is 5.24. The van der Waals surface area contributed by atoms with Crippen LogP contribution in [0.4, 0.5) is 4.39 Å². The standard InChI is InChI=1S/C23H23FN4O3/c1-27-7-6-13(8-21(27)29)16-9-20-18(28-12-25-26-23(16)28)4-2-15-17(24)3-5-19-22(15)14(10-30-19)11-31-20/h3,5,9,12-14H,2,4,6-8,10-11H2,1H3/t13-,14+/m0/s1. The summed E-state index contributed by atoms with van der Waals surface area (Å²) in [6.07, 6.45) is 4.16. The molecule has 0 N–H and O–H groups in total. The van der Waals surface area contributed by atoms with Gasteiger partial charge in [0.15, 0.2) is 5.65 Å². The summed E-state index contributed by atoms with van der Waals surface area (Å²) in [5.41, 5.74) is 4.33. The van der Waals surface area contributed by atoms with Crippen LogP contribution in [0.3, 0.4) is 0 Å². The molecule has 1 saturated heterocycles. The predicted octanol–water partition coefficient (Wildman–Crippen LogP) is 2.86. The molecule has 1 fully saturated rings. The zero-order chi connectivity index (χ0) is 21.1. The van der Waals surface area contributed by atoms with Gasteiger partial charge in [0.2, 0.25) is 5.91 Å². The molecule has 5 heterocycles. The van der Waals surface area contributed by atoms with Gasteiger partial charge in [0.25, 0.3) is 0 Å². The van der Waals surface area contributed by atoms with Crippen molar-refractivity contribution in [1.82, 2.24) is 19.5 Å². The largest absolute Gasteiger partial charge is 0.493 e. The van der Waals surface area contributed by atoms with Crippen LogP contribution in [-0.4, -0.2) is 52.2 Å². The van der Waals surface area contributed by atoms with Gasteiger partial charge in [-0.25, -0.2) is 4.39 Å². The molecule has 0 spiro atoms. The Morgan fingerprint density at radius 3 is 2.81 bits per heavy atom. The molecule has 160 valence electrons. The van der Waals surface area contributed by atoms with Crippen molar-refractivity contribution >= 4 is 11.6 Å². The van der Waals surface area contributed by atoms with E-state index in [0.29, 0.717) is 38.0 Å². The Balaban J connectivity index is 1.45. The number of halogens is 1. The van der Waals surface area contributed by atoms with Gasteiger partial charge in [0.1, 0.15) is 23.6 Å². The molecule has 3 aromatic rings. The summed E-state index contributed by atoms with van der Waals surface area (Å²) in [4.78, 5) is 14.1. The van der Waals surface area contributed by atoms with Gasteiger partial charge in [0.05, 0.1) is 24.8 Å². The van der Waals surface area contributed by atoms with E-state index in [1.54, 1.807) is 17.3 Å².